The number of aromatic nitrogens is 1. The molecule has 0 radical (unpaired) electrons. The number of thiophene rings is 1. The molecule has 0 spiro atoms. The minimum absolute atomic E-state index is 0.0251. The highest BCUT2D eigenvalue weighted by Gasteiger charge is 2.28. The average Bonchev–Trinajstić information content (AvgIpc) is 2.83. The molecule has 1 amide bonds. The predicted octanol–water partition coefficient (Wildman–Crippen LogP) is 2.66. The Balaban J connectivity index is 1.92. The maximum absolute atomic E-state index is 12.9. The molecule has 23 heavy (non-hydrogen) atoms. The molecule has 0 bridgehead atoms. The van der Waals surface area contributed by atoms with Crippen LogP contribution in [0, 0.1) is 13.8 Å². The quantitative estimate of drug-likeness (QED) is 0.918. The van der Waals surface area contributed by atoms with Gasteiger partial charge in [-0.3, -0.25) is 4.79 Å². The van der Waals surface area contributed by atoms with Crippen LogP contribution in [-0.2, 0) is 0 Å². The maximum atomic E-state index is 12.9. The molecule has 0 unspecified atom stereocenters. The Morgan fingerprint density at radius 3 is 2.70 bits per heavy atom. The van der Waals surface area contributed by atoms with E-state index in [-0.39, 0.29) is 5.91 Å². The lowest BCUT2D eigenvalue weighted by Gasteiger charge is -2.35. The Hall–Kier alpha value is -1.66. The van der Waals surface area contributed by atoms with Gasteiger partial charge in [0, 0.05) is 24.2 Å². The number of carbonyl (C=O) groups is 1. The van der Waals surface area contributed by atoms with Crippen LogP contribution in [0.5, 0.6) is 0 Å². The minimum atomic E-state index is 0.0251. The number of hydrogen-bond donors (Lipinski definition) is 1. The Labute approximate surface area is 141 Å². The Morgan fingerprint density at radius 1 is 1.39 bits per heavy atom. The van der Waals surface area contributed by atoms with Crippen molar-refractivity contribution in [2.75, 3.05) is 32.9 Å². The first-order chi connectivity index (χ1) is 10.9. The summed E-state index contributed by atoms with van der Waals surface area (Å²) in [7, 11) is 4.02. The molecule has 0 atom stereocenters. The second kappa shape index (κ2) is 6.09. The van der Waals surface area contributed by atoms with Crippen LogP contribution in [0.15, 0.2) is 6.07 Å². The van der Waals surface area contributed by atoms with E-state index in [9.17, 15) is 4.79 Å². The molecule has 124 valence electrons. The van der Waals surface area contributed by atoms with Crippen LogP contribution in [-0.4, -0.2) is 53.9 Å². The SMILES string of the molecule is Cc1cc(C)c2c(N)c(C(=O)N(C)C3CCN(C)CC3)sc2n1. The van der Waals surface area contributed by atoms with E-state index in [0.29, 0.717) is 16.6 Å². The van der Waals surface area contributed by atoms with E-state index >= 15 is 0 Å². The number of likely N-dealkylation sites (tertiary alicyclic amines) is 1. The number of amides is 1. The summed E-state index contributed by atoms with van der Waals surface area (Å²) < 4.78 is 0. The van der Waals surface area contributed by atoms with E-state index in [0.717, 1.165) is 47.4 Å². The number of anilines is 1. The van der Waals surface area contributed by atoms with E-state index in [1.165, 1.54) is 11.3 Å². The standard InChI is InChI=1S/C17H24N4OS/c1-10-9-11(2)19-16-13(10)14(18)15(23-16)17(22)21(4)12-5-7-20(3)8-6-12/h9,12H,5-8,18H2,1-4H3. The van der Waals surface area contributed by atoms with Crippen LogP contribution in [0.25, 0.3) is 10.2 Å². The Kier molecular flexibility index (Phi) is 4.29. The van der Waals surface area contributed by atoms with Gasteiger partial charge < -0.3 is 15.5 Å². The zero-order valence-corrected chi connectivity index (χ0v) is 15.0. The molecule has 6 heteroatoms. The second-order valence-electron chi connectivity index (χ2n) is 6.56. The van der Waals surface area contributed by atoms with Gasteiger partial charge in [0.05, 0.1) is 5.69 Å². The molecule has 0 aromatic carbocycles. The number of pyridine rings is 1. The number of hydrogen-bond acceptors (Lipinski definition) is 5. The molecule has 2 aromatic rings. The number of carbonyl (C=O) groups excluding carboxylic acids is 1. The van der Waals surface area contributed by atoms with Crippen molar-refractivity contribution in [3.8, 4) is 0 Å². The Bertz CT molecular complexity index is 747. The van der Waals surface area contributed by atoms with Gasteiger partial charge in [0.1, 0.15) is 9.71 Å². The van der Waals surface area contributed by atoms with Crippen LogP contribution in [0.2, 0.25) is 0 Å². The fourth-order valence-corrected chi connectivity index (χ4v) is 4.54. The summed E-state index contributed by atoms with van der Waals surface area (Å²) in [4.78, 5) is 23.1. The average molecular weight is 332 g/mol. The smallest absolute Gasteiger partial charge is 0.266 e. The van der Waals surface area contributed by atoms with Crippen LogP contribution >= 0.6 is 11.3 Å². The first kappa shape index (κ1) is 16.2. The summed E-state index contributed by atoms with van der Waals surface area (Å²) in [5, 5.41) is 0.931. The minimum Gasteiger partial charge on any atom is -0.397 e. The summed E-state index contributed by atoms with van der Waals surface area (Å²) in [5.74, 6) is 0.0251. The molecule has 5 nitrogen and oxygen atoms in total. The van der Waals surface area contributed by atoms with Crippen molar-refractivity contribution >= 4 is 33.1 Å². The molecule has 3 rings (SSSR count). The zero-order chi connectivity index (χ0) is 16.7. The summed E-state index contributed by atoms with van der Waals surface area (Å²) in [6, 6.07) is 2.31. The van der Waals surface area contributed by atoms with E-state index < -0.39 is 0 Å². The lowest BCUT2D eigenvalue weighted by atomic mass is 10.0. The van der Waals surface area contributed by atoms with Crippen LogP contribution in [0.4, 0.5) is 5.69 Å². The van der Waals surface area contributed by atoms with E-state index in [1.54, 1.807) is 0 Å². The number of piperidine rings is 1. The van der Waals surface area contributed by atoms with Gasteiger partial charge in [-0.15, -0.1) is 11.3 Å². The number of fused-ring (bicyclic) bond motifs is 1. The highest BCUT2D eigenvalue weighted by molar-refractivity contribution is 7.21. The normalized spacial score (nSPS) is 16.9. The molecule has 2 aromatic heterocycles. The van der Waals surface area contributed by atoms with Gasteiger partial charge in [-0.2, -0.15) is 0 Å². The van der Waals surface area contributed by atoms with Crippen LogP contribution in [0.3, 0.4) is 0 Å². The number of nitrogens with zero attached hydrogens (tertiary/aromatic N) is 3. The zero-order valence-electron chi connectivity index (χ0n) is 14.2. The topological polar surface area (TPSA) is 62.5 Å². The van der Waals surface area contributed by atoms with Crippen molar-refractivity contribution < 1.29 is 4.79 Å². The third-order valence-electron chi connectivity index (χ3n) is 4.77. The molecular formula is C17H24N4OS. The Morgan fingerprint density at radius 2 is 2.04 bits per heavy atom. The van der Waals surface area contributed by atoms with Gasteiger partial charge in [-0.05, 0) is 58.5 Å². The second-order valence-corrected chi connectivity index (χ2v) is 7.56. The van der Waals surface area contributed by atoms with Crippen molar-refractivity contribution in [3.05, 3.63) is 22.2 Å². The third kappa shape index (κ3) is 2.93. The van der Waals surface area contributed by atoms with Crippen molar-refractivity contribution in [1.29, 1.82) is 0 Å². The molecule has 3 heterocycles. The molecule has 2 N–H and O–H groups in total. The van der Waals surface area contributed by atoms with Crippen LogP contribution in [0.1, 0.15) is 33.8 Å². The van der Waals surface area contributed by atoms with Crippen molar-refractivity contribution in [3.63, 3.8) is 0 Å². The maximum Gasteiger partial charge on any atom is 0.266 e. The van der Waals surface area contributed by atoms with Gasteiger partial charge in [-0.1, -0.05) is 0 Å². The van der Waals surface area contributed by atoms with Gasteiger partial charge in [0.25, 0.3) is 5.91 Å². The van der Waals surface area contributed by atoms with Crippen molar-refractivity contribution in [1.82, 2.24) is 14.8 Å². The third-order valence-corrected chi connectivity index (χ3v) is 5.86. The number of rotatable bonds is 2. The van der Waals surface area contributed by atoms with Gasteiger partial charge in [0.2, 0.25) is 0 Å². The molecular weight excluding hydrogens is 308 g/mol. The first-order valence-electron chi connectivity index (χ1n) is 8.00. The fraction of sp³-hybridized carbons (Fsp3) is 0.529. The highest BCUT2D eigenvalue weighted by Crippen LogP contribution is 2.36. The monoisotopic (exact) mass is 332 g/mol. The molecule has 0 aliphatic carbocycles. The number of nitrogen functional groups attached to an aromatic ring is 1. The largest absolute Gasteiger partial charge is 0.397 e. The predicted molar refractivity (Wildman–Crippen MR) is 96.1 cm³/mol. The van der Waals surface area contributed by atoms with Crippen molar-refractivity contribution in [2.45, 2.75) is 32.7 Å². The molecule has 0 saturated carbocycles. The fourth-order valence-electron chi connectivity index (χ4n) is 3.34. The molecule has 1 saturated heterocycles. The number of aryl methyl sites for hydroxylation is 2. The number of nitrogens with two attached hydrogens (primary N) is 1. The first-order valence-corrected chi connectivity index (χ1v) is 8.82. The van der Waals surface area contributed by atoms with E-state index in [4.69, 9.17) is 5.73 Å². The lowest BCUT2D eigenvalue weighted by molar-refractivity contribution is 0.0665. The van der Waals surface area contributed by atoms with Crippen molar-refractivity contribution in [2.24, 2.45) is 0 Å². The summed E-state index contributed by atoms with van der Waals surface area (Å²) in [6.45, 7) is 6.05. The summed E-state index contributed by atoms with van der Waals surface area (Å²) >= 11 is 1.42. The summed E-state index contributed by atoms with van der Waals surface area (Å²) in [5.41, 5.74) is 8.92. The lowest BCUT2D eigenvalue weighted by Crippen LogP contribution is -2.44. The van der Waals surface area contributed by atoms with E-state index in [2.05, 4.69) is 16.9 Å². The molecule has 1 aliphatic heterocycles. The van der Waals surface area contributed by atoms with Gasteiger partial charge >= 0.3 is 0 Å². The van der Waals surface area contributed by atoms with Crippen LogP contribution < -0.4 is 5.73 Å². The molecule has 1 fully saturated rings. The highest BCUT2D eigenvalue weighted by atomic mass is 32.1. The van der Waals surface area contributed by atoms with Gasteiger partial charge in [-0.25, -0.2) is 4.98 Å². The van der Waals surface area contributed by atoms with Gasteiger partial charge in [0.15, 0.2) is 0 Å². The molecule has 1 aliphatic rings. The van der Waals surface area contributed by atoms with E-state index in [1.807, 2.05) is 31.9 Å². The summed E-state index contributed by atoms with van der Waals surface area (Å²) in [6.07, 6.45) is 2.03.